The first-order chi connectivity index (χ1) is 36.7. The molecule has 12 N–H and O–H groups in total. The molecule has 0 aliphatic carbocycles. The molecule has 3 atom stereocenters. The Morgan fingerprint density at radius 1 is 0.403 bits per heavy atom. The van der Waals surface area contributed by atoms with Gasteiger partial charge in [-0.05, 0) is 63.4 Å². The van der Waals surface area contributed by atoms with E-state index in [0.29, 0.717) is 63.5 Å². The fraction of sp³-hybridized carbons (Fsp3) is 0.660. The fourth-order valence-corrected chi connectivity index (χ4v) is 8.21. The molecule has 1 aromatic rings. The Balaban J connectivity index is 1.79. The van der Waals surface area contributed by atoms with Crippen molar-refractivity contribution in [3.63, 3.8) is 0 Å². The van der Waals surface area contributed by atoms with E-state index >= 15 is 0 Å². The number of nitrogens with zero attached hydrogens (tertiary/aromatic N) is 4. The smallest absolute Gasteiger partial charge is 0.326 e. The molecule has 1 heterocycles. The highest BCUT2D eigenvalue weighted by Crippen LogP contribution is 2.10. The number of carboxylic acids is 6. The highest BCUT2D eigenvalue weighted by Gasteiger charge is 2.28. The Kier molecular flexibility index (Phi) is 33.1. The number of unbranched alkanes of at least 4 members (excludes halogenated alkanes) is 6. The van der Waals surface area contributed by atoms with Gasteiger partial charge in [0.1, 0.15) is 18.1 Å². The maximum absolute atomic E-state index is 13.8. The van der Waals surface area contributed by atoms with Crippen molar-refractivity contribution in [1.29, 1.82) is 0 Å². The summed E-state index contributed by atoms with van der Waals surface area (Å²) in [5.41, 5.74) is 0.685. The molecule has 2 unspecified atom stereocenters. The number of carbonyl (C=O) groups excluding carboxylic acids is 5. The first-order valence-corrected chi connectivity index (χ1v) is 26.1. The predicted octanol–water partition coefficient (Wildman–Crippen LogP) is -0.711. The summed E-state index contributed by atoms with van der Waals surface area (Å²) < 4.78 is 0. The van der Waals surface area contributed by atoms with Gasteiger partial charge in [0.2, 0.25) is 23.6 Å². The molecule has 1 saturated heterocycles. The number of amides is 6. The van der Waals surface area contributed by atoms with Gasteiger partial charge in [0.25, 0.3) is 0 Å². The lowest BCUT2D eigenvalue weighted by atomic mass is 10.0. The van der Waals surface area contributed by atoms with Gasteiger partial charge >= 0.3 is 41.8 Å². The Morgan fingerprint density at radius 2 is 0.818 bits per heavy atom. The summed E-state index contributed by atoms with van der Waals surface area (Å²) >= 11 is 0. The van der Waals surface area contributed by atoms with Gasteiger partial charge in [-0.15, -0.1) is 0 Å². The average molecular weight is 1090 g/mol. The van der Waals surface area contributed by atoms with Gasteiger partial charge in [0, 0.05) is 97.7 Å². The van der Waals surface area contributed by atoms with Crippen molar-refractivity contribution in [1.82, 2.24) is 51.5 Å². The molecule has 27 heteroatoms. The molecule has 432 valence electrons. The third-order valence-corrected chi connectivity index (χ3v) is 12.4. The number of benzene rings is 1. The Hall–Kier alpha value is -6.97. The van der Waals surface area contributed by atoms with Crippen molar-refractivity contribution in [2.75, 3.05) is 98.2 Å². The Morgan fingerprint density at radius 3 is 1.26 bits per heavy atom. The lowest BCUT2D eigenvalue weighted by molar-refractivity contribution is -0.142. The van der Waals surface area contributed by atoms with Crippen molar-refractivity contribution in [3.8, 4) is 0 Å². The molecule has 0 aromatic heterocycles. The summed E-state index contributed by atoms with van der Waals surface area (Å²) in [4.78, 5) is 140. The quantitative estimate of drug-likeness (QED) is 0.0366. The number of hydrogen-bond acceptors (Lipinski definition) is 15. The molecule has 6 amide bonds. The van der Waals surface area contributed by atoms with Gasteiger partial charge in [-0.3, -0.25) is 58.0 Å². The van der Waals surface area contributed by atoms with Gasteiger partial charge in [0.05, 0.1) is 26.2 Å². The van der Waals surface area contributed by atoms with Crippen LogP contribution in [0.3, 0.4) is 0 Å². The van der Waals surface area contributed by atoms with Gasteiger partial charge < -0.3 is 62.5 Å². The molecule has 27 nitrogen and oxygen atoms in total. The van der Waals surface area contributed by atoms with Crippen LogP contribution in [0, 0.1) is 0 Å². The third-order valence-electron chi connectivity index (χ3n) is 12.4. The summed E-state index contributed by atoms with van der Waals surface area (Å²) in [5.74, 6) is -8.66. The minimum absolute atomic E-state index is 0.0215. The van der Waals surface area contributed by atoms with Gasteiger partial charge in [-0.1, -0.05) is 43.2 Å². The topological polar surface area (TPSA) is 394 Å². The van der Waals surface area contributed by atoms with E-state index in [-0.39, 0.29) is 129 Å². The summed E-state index contributed by atoms with van der Waals surface area (Å²) in [6.07, 6.45) is 5.46. The van der Waals surface area contributed by atoms with E-state index in [1.54, 1.807) is 49.9 Å². The van der Waals surface area contributed by atoms with Crippen molar-refractivity contribution in [3.05, 3.63) is 35.9 Å². The molecular weight excluding hydrogens is 1010 g/mol. The van der Waals surface area contributed by atoms with E-state index in [0.717, 1.165) is 12.8 Å². The first-order valence-electron chi connectivity index (χ1n) is 26.1. The number of urea groups is 1. The fourth-order valence-electron chi connectivity index (χ4n) is 8.21. The molecule has 0 radical (unpaired) electrons. The zero-order valence-corrected chi connectivity index (χ0v) is 43.8. The molecule has 77 heavy (non-hydrogen) atoms. The SMILES string of the molecule is O=C(O)CC[C@H](NC(=O)NCCCCCNC(=O)CCCCCCC(=O)NCCCCC(NC(=O)C(Cc1ccccc1)NC(=O)CN1CCN(CC(=O)O)CCN(CC(=O)O)CCN(CC(=O)O)CC1)C(=O)O)C(=O)O. The van der Waals surface area contributed by atoms with Gasteiger partial charge in [-0.25, -0.2) is 14.4 Å². The number of rotatable bonds is 37. The summed E-state index contributed by atoms with van der Waals surface area (Å²) in [6.45, 7) is 1.18. The molecule has 0 spiro atoms. The van der Waals surface area contributed by atoms with Crippen LogP contribution < -0.4 is 31.9 Å². The number of hydrogen-bond donors (Lipinski definition) is 12. The highest BCUT2D eigenvalue weighted by molar-refractivity contribution is 5.91. The average Bonchev–Trinajstić information content (AvgIpc) is 3.35. The number of carbonyl (C=O) groups is 11. The van der Waals surface area contributed by atoms with Crippen molar-refractivity contribution < 1.29 is 83.4 Å². The molecule has 1 aliphatic heterocycles. The van der Waals surface area contributed by atoms with Crippen molar-refractivity contribution in [2.45, 2.75) is 114 Å². The minimum Gasteiger partial charge on any atom is -0.481 e. The maximum Gasteiger partial charge on any atom is 0.326 e. The Bertz CT molecular complexity index is 2020. The van der Waals surface area contributed by atoms with Gasteiger partial charge in [0.15, 0.2) is 0 Å². The molecule has 1 fully saturated rings. The predicted molar refractivity (Wildman–Crippen MR) is 277 cm³/mol. The monoisotopic (exact) mass is 1090 g/mol. The molecule has 2 rings (SSSR count). The van der Waals surface area contributed by atoms with Crippen LogP contribution in [0.2, 0.25) is 0 Å². The second-order valence-electron chi connectivity index (χ2n) is 18.9. The van der Waals surface area contributed by atoms with Crippen LogP contribution >= 0.6 is 0 Å². The van der Waals surface area contributed by atoms with Crippen LogP contribution in [-0.4, -0.2) is 232 Å². The standard InChI is InChI=1S/C50H80N10O17/c61-40(51-20-10-4-11-22-53-50(77)56-38(49(75)76)18-19-43(64)65)16-7-1-2-8-17-41(62)52-21-12-9-15-37(48(73)74)55-47(72)39(31-36-13-5-3-6-14-36)54-42(63)32-57-23-25-58(33-44(66)67)27-29-60(35-46(70)71)30-28-59(26-24-57)34-45(68)69/h3,5-6,13-14,37-39H,1-2,4,7-12,15-35H2,(H,51,61)(H,52,62)(H,54,63)(H,55,72)(H,64,65)(H,66,67)(H,68,69)(H,70,71)(H,73,74)(H,75,76)(H2,53,56,77)/t37?,38-,39?/m0/s1. The third kappa shape index (κ3) is 32.9. The van der Waals surface area contributed by atoms with Crippen LogP contribution in [0.1, 0.15) is 95.5 Å². The summed E-state index contributed by atoms with van der Waals surface area (Å²) in [6, 6.07) is 4.26. The summed E-state index contributed by atoms with van der Waals surface area (Å²) in [5, 5.41) is 72.2. The van der Waals surface area contributed by atoms with Crippen LogP contribution in [0.15, 0.2) is 30.3 Å². The zero-order chi connectivity index (χ0) is 57.0. The molecule has 0 bridgehead atoms. The normalized spacial score (nSPS) is 15.2. The summed E-state index contributed by atoms with van der Waals surface area (Å²) in [7, 11) is 0. The van der Waals surface area contributed by atoms with Crippen LogP contribution in [0.25, 0.3) is 0 Å². The highest BCUT2D eigenvalue weighted by atomic mass is 16.4. The maximum atomic E-state index is 13.8. The van der Waals surface area contributed by atoms with E-state index in [1.807, 2.05) is 0 Å². The van der Waals surface area contributed by atoms with E-state index in [2.05, 4.69) is 31.9 Å². The molecular formula is C50H80N10O17. The lowest BCUT2D eigenvalue weighted by Gasteiger charge is -2.33. The number of nitrogens with one attached hydrogen (secondary N) is 6. The van der Waals surface area contributed by atoms with E-state index < -0.39 is 78.2 Å². The van der Waals surface area contributed by atoms with Gasteiger partial charge in [-0.2, -0.15) is 0 Å². The van der Waals surface area contributed by atoms with E-state index in [4.69, 9.17) is 10.2 Å². The minimum atomic E-state index is -1.33. The zero-order valence-electron chi connectivity index (χ0n) is 43.8. The van der Waals surface area contributed by atoms with E-state index in [1.165, 1.54) is 0 Å². The molecule has 1 aliphatic rings. The van der Waals surface area contributed by atoms with Crippen LogP contribution in [0.4, 0.5) is 4.79 Å². The Labute approximate surface area is 447 Å². The second kappa shape index (κ2) is 38.6. The second-order valence-corrected chi connectivity index (χ2v) is 18.9. The largest absolute Gasteiger partial charge is 0.481 e. The molecule has 1 aromatic carbocycles. The lowest BCUT2D eigenvalue weighted by Crippen LogP contribution is -2.54. The van der Waals surface area contributed by atoms with Crippen molar-refractivity contribution >= 4 is 65.5 Å². The molecule has 0 saturated carbocycles. The van der Waals surface area contributed by atoms with E-state index in [9.17, 15) is 73.2 Å². The number of aliphatic carboxylic acids is 6. The first kappa shape index (κ1) is 66.1. The van der Waals surface area contributed by atoms with Crippen molar-refractivity contribution in [2.24, 2.45) is 0 Å². The number of carboxylic acid groups (broad SMARTS) is 6. The van der Waals surface area contributed by atoms with Crippen LogP contribution in [0.5, 0.6) is 0 Å². The van der Waals surface area contributed by atoms with Crippen LogP contribution in [-0.2, 0) is 54.4 Å².